The maximum Gasteiger partial charge on any atom is 0.143 e. The van der Waals surface area contributed by atoms with Crippen molar-refractivity contribution in [3.8, 4) is 27.9 Å². The summed E-state index contributed by atoms with van der Waals surface area (Å²) in [6, 6.07) is 84.1. The lowest BCUT2D eigenvalue weighted by Gasteiger charge is -2.30. The van der Waals surface area contributed by atoms with Gasteiger partial charge in [0, 0.05) is 75.2 Å². The van der Waals surface area contributed by atoms with Crippen LogP contribution in [-0.2, 0) is 0 Å². The minimum Gasteiger partial charge on any atom is -0.455 e. The van der Waals surface area contributed by atoms with Crippen molar-refractivity contribution in [2.75, 3.05) is 4.90 Å². The minimum absolute atomic E-state index is 0.887. The molecule has 0 aliphatic carbocycles. The molecule has 0 saturated carbocycles. The van der Waals surface area contributed by atoms with E-state index in [4.69, 9.17) is 4.42 Å². The zero-order valence-electron chi connectivity index (χ0n) is 35.7. The van der Waals surface area contributed by atoms with Crippen LogP contribution in [0.3, 0.4) is 0 Å². The predicted octanol–water partition coefficient (Wildman–Crippen LogP) is 18.2. The van der Waals surface area contributed by atoms with E-state index >= 15 is 0 Å². The van der Waals surface area contributed by atoms with Gasteiger partial charge in [0.1, 0.15) is 11.2 Å². The Labute approximate surface area is 384 Å². The fraction of sp³-hybridized carbons (Fsp3) is 0. The van der Waals surface area contributed by atoms with Gasteiger partial charge < -0.3 is 13.9 Å². The molecule has 66 heavy (non-hydrogen) atoms. The molecule has 4 heteroatoms. The lowest BCUT2D eigenvalue weighted by molar-refractivity contribution is 0.670. The van der Waals surface area contributed by atoms with Crippen molar-refractivity contribution in [2.45, 2.75) is 0 Å². The van der Waals surface area contributed by atoms with Crippen LogP contribution in [0.15, 0.2) is 235 Å². The number of benzene rings is 11. The van der Waals surface area contributed by atoms with E-state index < -0.39 is 0 Å². The van der Waals surface area contributed by atoms with Crippen LogP contribution in [0.1, 0.15) is 0 Å². The lowest BCUT2D eigenvalue weighted by Crippen LogP contribution is -2.12. The van der Waals surface area contributed by atoms with Crippen molar-refractivity contribution >= 4 is 114 Å². The van der Waals surface area contributed by atoms with Gasteiger partial charge >= 0.3 is 0 Å². The third-order valence-corrected chi connectivity index (χ3v) is 14.8. The van der Waals surface area contributed by atoms with Crippen molar-refractivity contribution in [2.24, 2.45) is 0 Å². The average molecular weight is 859 g/mol. The van der Waals surface area contributed by atoms with Gasteiger partial charge in [-0.05, 0) is 82.4 Å². The van der Waals surface area contributed by atoms with Gasteiger partial charge in [-0.3, -0.25) is 0 Å². The topological polar surface area (TPSA) is 21.3 Å². The monoisotopic (exact) mass is 858 g/mol. The van der Waals surface area contributed by atoms with Gasteiger partial charge in [0.15, 0.2) is 0 Å². The van der Waals surface area contributed by atoms with Crippen LogP contribution in [0.2, 0.25) is 0 Å². The van der Waals surface area contributed by atoms with Crippen molar-refractivity contribution in [3.63, 3.8) is 0 Å². The number of hydrogen-bond donors (Lipinski definition) is 0. The first-order valence-corrected chi connectivity index (χ1v) is 23.3. The Bertz CT molecular complexity index is 4190. The number of para-hydroxylation sites is 5. The molecule has 0 unspecified atom stereocenters. The largest absolute Gasteiger partial charge is 0.455 e. The third-order valence-electron chi connectivity index (χ3n) is 13.6. The lowest BCUT2D eigenvalue weighted by atomic mass is 9.96. The predicted molar refractivity (Wildman–Crippen MR) is 282 cm³/mol. The highest BCUT2D eigenvalue weighted by Crippen LogP contribution is 2.50. The molecule has 0 N–H and O–H groups in total. The quantitative estimate of drug-likeness (QED) is 0.155. The van der Waals surface area contributed by atoms with Gasteiger partial charge in [-0.1, -0.05) is 170 Å². The molecule has 3 nitrogen and oxygen atoms in total. The summed E-state index contributed by atoms with van der Waals surface area (Å²) in [5.74, 6) is 0. The van der Waals surface area contributed by atoms with Crippen LogP contribution in [-0.4, -0.2) is 4.57 Å². The second-order valence-electron chi connectivity index (χ2n) is 17.2. The van der Waals surface area contributed by atoms with Gasteiger partial charge in [0.05, 0.1) is 22.4 Å². The molecule has 308 valence electrons. The van der Waals surface area contributed by atoms with E-state index in [1.54, 1.807) is 0 Å². The van der Waals surface area contributed by atoms with Crippen molar-refractivity contribution in [3.05, 3.63) is 231 Å². The fourth-order valence-electron chi connectivity index (χ4n) is 10.6. The van der Waals surface area contributed by atoms with E-state index in [9.17, 15) is 0 Å². The van der Waals surface area contributed by atoms with Crippen molar-refractivity contribution in [1.82, 2.24) is 4.57 Å². The average Bonchev–Trinajstić information content (AvgIpc) is 4.06. The van der Waals surface area contributed by atoms with E-state index in [1.165, 1.54) is 74.6 Å². The van der Waals surface area contributed by atoms with Crippen LogP contribution in [0.25, 0.3) is 113 Å². The molecule has 0 saturated heterocycles. The maximum atomic E-state index is 6.74. The zero-order chi connectivity index (χ0) is 43.3. The minimum atomic E-state index is 0.887. The molecule has 11 aromatic carbocycles. The van der Waals surface area contributed by atoms with E-state index in [1.807, 2.05) is 17.4 Å². The van der Waals surface area contributed by atoms with Crippen LogP contribution in [0.4, 0.5) is 17.1 Å². The Morgan fingerprint density at radius 3 is 1.83 bits per heavy atom. The summed E-state index contributed by atoms with van der Waals surface area (Å²) in [6.45, 7) is 0. The molecule has 0 fully saturated rings. The molecule has 0 aliphatic heterocycles. The highest BCUT2D eigenvalue weighted by Gasteiger charge is 2.24. The summed E-state index contributed by atoms with van der Waals surface area (Å²) in [6.07, 6.45) is 0. The number of anilines is 3. The molecule has 14 rings (SSSR count). The number of furan rings is 1. The standard InChI is InChI=1S/C62H38N2OS/c1-2-16-43-39(15-1)33-36-48-44(43)22-14-28-58(48)64(57-27-10-5-19-47(57)51-23-13-24-52-49-20-6-11-29-59(49)65-61(51)52)42-37-53(62-54(38-42)50-21-7-12-30-60(50)66-62)40-31-34-41(35-32-40)63-55-25-8-3-17-45(55)46-18-4-9-26-56(46)63/h1-38H. The zero-order valence-corrected chi connectivity index (χ0v) is 36.5. The summed E-state index contributed by atoms with van der Waals surface area (Å²) in [5, 5.41) is 12.1. The molecule has 3 aromatic heterocycles. The van der Waals surface area contributed by atoms with Crippen molar-refractivity contribution < 1.29 is 4.42 Å². The van der Waals surface area contributed by atoms with Crippen LogP contribution in [0, 0.1) is 0 Å². The molecular formula is C62H38N2OS. The van der Waals surface area contributed by atoms with E-state index in [0.29, 0.717) is 0 Å². The highest BCUT2D eigenvalue weighted by atomic mass is 32.1. The van der Waals surface area contributed by atoms with Gasteiger partial charge in [-0.25, -0.2) is 0 Å². The number of fused-ring (bicyclic) bond motifs is 12. The molecule has 14 aromatic rings. The van der Waals surface area contributed by atoms with Crippen LogP contribution < -0.4 is 4.90 Å². The van der Waals surface area contributed by atoms with E-state index in [2.05, 4.69) is 234 Å². The Morgan fingerprint density at radius 1 is 0.379 bits per heavy atom. The molecule has 0 atom stereocenters. The van der Waals surface area contributed by atoms with E-state index in [-0.39, 0.29) is 0 Å². The highest BCUT2D eigenvalue weighted by molar-refractivity contribution is 7.26. The number of nitrogens with zero attached hydrogens (tertiary/aromatic N) is 2. The normalized spacial score (nSPS) is 11.9. The van der Waals surface area contributed by atoms with Gasteiger partial charge in [0.2, 0.25) is 0 Å². The first kappa shape index (κ1) is 37.0. The summed E-state index contributed by atoms with van der Waals surface area (Å²) < 4.78 is 11.7. The molecule has 0 aliphatic rings. The first-order chi connectivity index (χ1) is 32.7. The Kier molecular flexibility index (Phi) is 8.15. The van der Waals surface area contributed by atoms with Crippen molar-refractivity contribution in [1.29, 1.82) is 0 Å². The number of rotatable bonds is 6. The third kappa shape index (κ3) is 5.55. The molecule has 0 amide bonds. The summed E-state index contributed by atoms with van der Waals surface area (Å²) in [4.78, 5) is 2.50. The van der Waals surface area contributed by atoms with Gasteiger partial charge in [-0.2, -0.15) is 0 Å². The summed E-state index contributed by atoms with van der Waals surface area (Å²) >= 11 is 1.87. The fourth-order valence-corrected chi connectivity index (χ4v) is 11.8. The van der Waals surface area contributed by atoms with Gasteiger partial charge in [0.25, 0.3) is 0 Å². The van der Waals surface area contributed by atoms with Crippen LogP contribution >= 0.6 is 11.3 Å². The Morgan fingerprint density at radius 2 is 1.00 bits per heavy atom. The second kappa shape index (κ2) is 14.5. The Hall–Kier alpha value is -8.44. The summed E-state index contributed by atoms with van der Waals surface area (Å²) in [7, 11) is 0. The molecular weight excluding hydrogens is 821 g/mol. The van der Waals surface area contributed by atoms with Crippen LogP contribution in [0.5, 0.6) is 0 Å². The second-order valence-corrected chi connectivity index (χ2v) is 18.2. The number of thiophene rings is 1. The first-order valence-electron chi connectivity index (χ1n) is 22.5. The molecule has 0 radical (unpaired) electrons. The molecule has 3 heterocycles. The smallest absolute Gasteiger partial charge is 0.143 e. The maximum absolute atomic E-state index is 6.74. The molecule has 0 bridgehead atoms. The SMILES string of the molecule is c1ccc(N(c2cc(-c3ccc(-n4c5ccccc5c5ccccc54)cc3)c3sc4ccccc4c3c2)c2cccc3c2ccc2ccccc23)c(-c2cccc3c2oc2ccccc23)c1. The number of hydrogen-bond acceptors (Lipinski definition) is 3. The van der Waals surface area contributed by atoms with E-state index in [0.717, 1.165) is 55.8 Å². The van der Waals surface area contributed by atoms with Gasteiger partial charge in [-0.15, -0.1) is 11.3 Å². The Balaban J connectivity index is 1.04. The molecule has 0 spiro atoms. The number of aromatic nitrogens is 1. The summed E-state index contributed by atoms with van der Waals surface area (Å²) in [5.41, 5.74) is 13.1.